The molecule has 5 heteroatoms. The SMILES string of the molecule is Cl.Fc1cccc(C2CNCCN2Cc2ccc3c(c2)CCO3)c1. The molecule has 2 aromatic carbocycles. The van der Waals surface area contributed by atoms with Crippen LogP contribution in [-0.2, 0) is 13.0 Å². The Morgan fingerprint density at radius 3 is 3.00 bits per heavy atom. The zero-order valence-corrected chi connectivity index (χ0v) is 14.3. The van der Waals surface area contributed by atoms with Crippen LogP contribution >= 0.6 is 12.4 Å². The molecule has 1 fully saturated rings. The summed E-state index contributed by atoms with van der Waals surface area (Å²) in [5, 5.41) is 3.43. The van der Waals surface area contributed by atoms with Crippen molar-refractivity contribution in [1.82, 2.24) is 10.2 Å². The van der Waals surface area contributed by atoms with Crippen LogP contribution in [0.2, 0.25) is 0 Å². The van der Waals surface area contributed by atoms with Crippen LogP contribution < -0.4 is 10.1 Å². The Hall–Kier alpha value is -1.62. The fourth-order valence-corrected chi connectivity index (χ4v) is 3.55. The molecule has 1 N–H and O–H groups in total. The maximum Gasteiger partial charge on any atom is 0.123 e. The third-order valence-electron chi connectivity index (χ3n) is 4.73. The largest absolute Gasteiger partial charge is 0.493 e. The van der Waals surface area contributed by atoms with Crippen molar-refractivity contribution < 1.29 is 9.13 Å². The standard InChI is InChI=1S/C19H21FN2O.ClH/c20-17-3-1-2-15(11-17)18-12-21-7-8-22(18)13-14-4-5-19-16(10-14)6-9-23-19;/h1-5,10-11,18,21H,6-9,12-13H2;1H. The van der Waals surface area contributed by atoms with E-state index in [0.29, 0.717) is 0 Å². The average molecular weight is 349 g/mol. The van der Waals surface area contributed by atoms with Gasteiger partial charge in [-0.25, -0.2) is 4.39 Å². The molecule has 0 bridgehead atoms. The van der Waals surface area contributed by atoms with E-state index in [0.717, 1.165) is 50.5 Å². The van der Waals surface area contributed by atoms with Gasteiger partial charge in [0.25, 0.3) is 0 Å². The van der Waals surface area contributed by atoms with E-state index in [2.05, 4.69) is 28.4 Å². The monoisotopic (exact) mass is 348 g/mol. The van der Waals surface area contributed by atoms with Crippen molar-refractivity contribution in [1.29, 1.82) is 0 Å². The molecule has 0 saturated carbocycles. The third-order valence-corrected chi connectivity index (χ3v) is 4.73. The fourth-order valence-electron chi connectivity index (χ4n) is 3.55. The molecule has 2 aliphatic heterocycles. The molecule has 24 heavy (non-hydrogen) atoms. The van der Waals surface area contributed by atoms with E-state index >= 15 is 0 Å². The Balaban J connectivity index is 0.00000169. The minimum atomic E-state index is -0.164. The van der Waals surface area contributed by atoms with Crippen LogP contribution in [0, 0.1) is 5.82 Å². The van der Waals surface area contributed by atoms with Gasteiger partial charge in [-0.1, -0.05) is 24.3 Å². The van der Waals surface area contributed by atoms with E-state index in [4.69, 9.17) is 4.74 Å². The van der Waals surface area contributed by atoms with Crippen LogP contribution in [0.3, 0.4) is 0 Å². The molecule has 0 radical (unpaired) electrons. The molecule has 1 unspecified atom stereocenters. The van der Waals surface area contributed by atoms with Gasteiger partial charge >= 0.3 is 0 Å². The molecule has 0 aliphatic carbocycles. The van der Waals surface area contributed by atoms with Crippen molar-refractivity contribution >= 4 is 12.4 Å². The van der Waals surface area contributed by atoms with Gasteiger partial charge in [-0.05, 0) is 34.9 Å². The Labute approximate surface area is 148 Å². The summed E-state index contributed by atoms with van der Waals surface area (Å²) in [4.78, 5) is 2.43. The van der Waals surface area contributed by atoms with Crippen molar-refractivity contribution in [3.63, 3.8) is 0 Å². The van der Waals surface area contributed by atoms with Gasteiger partial charge in [-0.3, -0.25) is 4.90 Å². The molecule has 1 saturated heterocycles. The number of piperazine rings is 1. The number of hydrogen-bond donors (Lipinski definition) is 1. The van der Waals surface area contributed by atoms with Gasteiger partial charge in [0.05, 0.1) is 6.61 Å². The summed E-state index contributed by atoms with van der Waals surface area (Å²) in [6.45, 7) is 4.47. The van der Waals surface area contributed by atoms with E-state index in [9.17, 15) is 4.39 Å². The smallest absolute Gasteiger partial charge is 0.123 e. The first-order valence-electron chi connectivity index (χ1n) is 8.24. The number of benzene rings is 2. The number of hydrogen-bond acceptors (Lipinski definition) is 3. The fraction of sp³-hybridized carbons (Fsp3) is 0.368. The second-order valence-electron chi connectivity index (χ2n) is 6.29. The Kier molecular flexibility index (Phi) is 5.39. The number of rotatable bonds is 3. The highest BCUT2D eigenvalue weighted by Crippen LogP contribution is 2.29. The van der Waals surface area contributed by atoms with Gasteiger partial charge in [0.2, 0.25) is 0 Å². The molecule has 2 heterocycles. The highest BCUT2D eigenvalue weighted by Gasteiger charge is 2.24. The summed E-state index contributed by atoms with van der Waals surface area (Å²) in [5.41, 5.74) is 3.65. The second-order valence-corrected chi connectivity index (χ2v) is 6.29. The van der Waals surface area contributed by atoms with Crippen molar-refractivity contribution in [2.24, 2.45) is 0 Å². The Bertz CT molecular complexity index is 710. The lowest BCUT2D eigenvalue weighted by Crippen LogP contribution is -2.45. The number of nitrogens with zero attached hydrogens (tertiary/aromatic N) is 1. The lowest BCUT2D eigenvalue weighted by molar-refractivity contribution is 0.153. The van der Waals surface area contributed by atoms with Crippen molar-refractivity contribution in [2.75, 3.05) is 26.2 Å². The number of halogens is 2. The predicted molar refractivity (Wildman–Crippen MR) is 95.3 cm³/mol. The first-order valence-corrected chi connectivity index (χ1v) is 8.24. The zero-order valence-electron chi connectivity index (χ0n) is 13.5. The maximum absolute atomic E-state index is 13.6. The van der Waals surface area contributed by atoms with Gasteiger partial charge in [0.1, 0.15) is 11.6 Å². The van der Waals surface area contributed by atoms with Gasteiger partial charge in [0, 0.05) is 38.6 Å². The Morgan fingerprint density at radius 1 is 1.21 bits per heavy atom. The predicted octanol–water partition coefficient (Wildman–Crippen LogP) is 3.33. The first-order chi connectivity index (χ1) is 11.3. The first kappa shape index (κ1) is 17.2. The van der Waals surface area contributed by atoms with E-state index in [1.165, 1.54) is 17.2 Å². The molecular weight excluding hydrogens is 327 g/mol. The van der Waals surface area contributed by atoms with Crippen LogP contribution in [0.1, 0.15) is 22.7 Å². The summed E-state index contributed by atoms with van der Waals surface area (Å²) in [7, 11) is 0. The van der Waals surface area contributed by atoms with E-state index in [1.54, 1.807) is 12.1 Å². The van der Waals surface area contributed by atoms with Crippen molar-refractivity contribution in [3.05, 3.63) is 65.0 Å². The quantitative estimate of drug-likeness (QED) is 0.920. The highest BCUT2D eigenvalue weighted by molar-refractivity contribution is 5.85. The average Bonchev–Trinajstić information content (AvgIpc) is 3.03. The summed E-state index contributed by atoms with van der Waals surface area (Å²) >= 11 is 0. The van der Waals surface area contributed by atoms with E-state index in [-0.39, 0.29) is 24.3 Å². The second kappa shape index (κ2) is 7.51. The van der Waals surface area contributed by atoms with Crippen LogP contribution in [0.25, 0.3) is 0 Å². The Morgan fingerprint density at radius 2 is 2.12 bits per heavy atom. The van der Waals surface area contributed by atoms with Crippen LogP contribution in [-0.4, -0.2) is 31.1 Å². The molecule has 2 aromatic rings. The molecule has 2 aliphatic rings. The molecule has 4 rings (SSSR count). The van der Waals surface area contributed by atoms with Gasteiger partial charge < -0.3 is 10.1 Å². The lowest BCUT2D eigenvalue weighted by Gasteiger charge is -2.36. The topological polar surface area (TPSA) is 24.5 Å². The number of nitrogens with one attached hydrogen (secondary N) is 1. The highest BCUT2D eigenvalue weighted by atomic mass is 35.5. The molecule has 0 amide bonds. The van der Waals surface area contributed by atoms with Crippen LogP contribution in [0.5, 0.6) is 5.75 Å². The number of ether oxygens (including phenoxy) is 1. The summed E-state index contributed by atoms with van der Waals surface area (Å²) in [6, 6.07) is 13.7. The van der Waals surface area contributed by atoms with E-state index in [1.807, 2.05) is 6.07 Å². The maximum atomic E-state index is 13.6. The van der Waals surface area contributed by atoms with Gasteiger partial charge in [0.15, 0.2) is 0 Å². The van der Waals surface area contributed by atoms with Crippen molar-refractivity contribution in [2.45, 2.75) is 19.0 Å². The van der Waals surface area contributed by atoms with Gasteiger partial charge in [-0.2, -0.15) is 0 Å². The normalized spacial score (nSPS) is 20.1. The zero-order chi connectivity index (χ0) is 15.6. The minimum Gasteiger partial charge on any atom is -0.493 e. The summed E-state index contributed by atoms with van der Waals surface area (Å²) in [6.07, 6.45) is 0.998. The van der Waals surface area contributed by atoms with Crippen molar-refractivity contribution in [3.8, 4) is 5.75 Å². The molecular formula is C19H22ClFN2O. The molecule has 3 nitrogen and oxygen atoms in total. The van der Waals surface area contributed by atoms with Crippen LogP contribution in [0.4, 0.5) is 4.39 Å². The lowest BCUT2D eigenvalue weighted by atomic mass is 10.0. The summed E-state index contributed by atoms with van der Waals surface area (Å²) < 4.78 is 19.2. The molecule has 0 spiro atoms. The molecule has 128 valence electrons. The van der Waals surface area contributed by atoms with Crippen LogP contribution in [0.15, 0.2) is 42.5 Å². The summed E-state index contributed by atoms with van der Waals surface area (Å²) in [5.74, 6) is 0.860. The molecule has 1 atom stereocenters. The molecule has 0 aromatic heterocycles. The number of fused-ring (bicyclic) bond motifs is 1. The minimum absolute atomic E-state index is 0. The third kappa shape index (κ3) is 3.56. The van der Waals surface area contributed by atoms with E-state index < -0.39 is 0 Å². The van der Waals surface area contributed by atoms with Gasteiger partial charge in [-0.15, -0.1) is 12.4 Å².